The van der Waals surface area contributed by atoms with Gasteiger partial charge in [-0.2, -0.15) is 5.10 Å². The first kappa shape index (κ1) is 16.7. The number of aromatic nitrogens is 3. The lowest BCUT2D eigenvalue weighted by molar-refractivity contribution is 0.270. The Labute approximate surface area is 152 Å². The maximum Gasteiger partial charge on any atom is 0.154 e. The zero-order chi connectivity index (χ0) is 18.1. The van der Waals surface area contributed by atoms with Crippen molar-refractivity contribution >= 4 is 17.4 Å². The van der Waals surface area contributed by atoms with Gasteiger partial charge in [-0.05, 0) is 36.9 Å². The molecule has 1 saturated heterocycles. The summed E-state index contributed by atoms with van der Waals surface area (Å²) in [4.78, 5) is 8.86. The number of nitrogens with zero attached hydrogens (tertiary/aromatic N) is 5. The van der Waals surface area contributed by atoms with Crippen LogP contribution in [0.1, 0.15) is 12.6 Å². The molecule has 0 saturated carbocycles. The van der Waals surface area contributed by atoms with E-state index in [1.54, 1.807) is 22.9 Å². The molecule has 0 bridgehead atoms. The highest BCUT2D eigenvalue weighted by Gasteiger charge is 2.19. The van der Waals surface area contributed by atoms with E-state index in [2.05, 4.69) is 33.4 Å². The number of imidazole rings is 1. The Hall–Kier alpha value is -2.73. The first-order chi connectivity index (χ1) is 12.7. The fourth-order valence-electron chi connectivity index (χ4n) is 3.42. The molecular formula is C20H22FN5. The van der Waals surface area contributed by atoms with Gasteiger partial charge in [-0.3, -0.25) is 0 Å². The van der Waals surface area contributed by atoms with Gasteiger partial charge in [0.2, 0.25) is 0 Å². The van der Waals surface area contributed by atoms with Crippen molar-refractivity contribution < 1.29 is 4.39 Å². The van der Waals surface area contributed by atoms with Crippen molar-refractivity contribution in [3.8, 4) is 11.3 Å². The van der Waals surface area contributed by atoms with E-state index in [4.69, 9.17) is 0 Å². The van der Waals surface area contributed by atoms with Crippen LogP contribution in [0.15, 0.2) is 43.1 Å². The molecule has 0 aliphatic carbocycles. The molecule has 1 aliphatic rings. The van der Waals surface area contributed by atoms with Crippen molar-refractivity contribution in [1.82, 2.24) is 19.5 Å². The number of piperazine rings is 1. The van der Waals surface area contributed by atoms with Gasteiger partial charge in [-0.1, -0.05) is 19.6 Å². The Morgan fingerprint density at radius 1 is 1.15 bits per heavy atom. The Kier molecular flexibility index (Phi) is 4.42. The second-order valence-corrected chi connectivity index (χ2v) is 6.46. The zero-order valence-corrected chi connectivity index (χ0v) is 14.9. The fourth-order valence-corrected chi connectivity index (χ4v) is 3.42. The van der Waals surface area contributed by atoms with Crippen LogP contribution in [0.4, 0.5) is 10.1 Å². The molecule has 134 valence electrons. The first-order valence-electron chi connectivity index (χ1n) is 8.94. The number of hydrogen-bond donors (Lipinski definition) is 0. The summed E-state index contributed by atoms with van der Waals surface area (Å²) in [6.07, 6.45) is 3.41. The van der Waals surface area contributed by atoms with Gasteiger partial charge in [-0.25, -0.2) is 13.9 Å². The van der Waals surface area contributed by atoms with Crippen LogP contribution in [0, 0.1) is 5.82 Å². The Bertz CT molecular complexity index is 941. The van der Waals surface area contributed by atoms with Crippen LogP contribution in [0.3, 0.4) is 0 Å². The van der Waals surface area contributed by atoms with Crippen molar-refractivity contribution in [3.63, 3.8) is 0 Å². The van der Waals surface area contributed by atoms with Gasteiger partial charge >= 0.3 is 0 Å². The van der Waals surface area contributed by atoms with Crippen molar-refractivity contribution in [2.75, 3.05) is 37.6 Å². The maximum atomic E-state index is 14.8. The third kappa shape index (κ3) is 2.97. The standard InChI is InChI=1S/C20H22FN5/c1-3-16-6-8-20-22-14-19(26(20)23-16)15-5-7-18(17(21)13-15)25-11-9-24(4-2)10-12-25/h3,5-8,13-14H,1,4,9-12H2,2H3. The lowest BCUT2D eigenvalue weighted by Gasteiger charge is -2.35. The molecule has 0 spiro atoms. The highest BCUT2D eigenvalue weighted by molar-refractivity contribution is 5.66. The minimum atomic E-state index is -0.206. The molecule has 0 radical (unpaired) electrons. The van der Waals surface area contributed by atoms with Gasteiger partial charge in [0.1, 0.15) is 5.82 Å². The van der Waals surface area contributed by atoms with E-state index >= 15 is 0 Å². The van der Waals surface area contributed by atoms with E-state index in [-0.39, 0.29) is 5.82 Å². The molecule has 1 fully saturated rings. The van der Waals surface area contributed by atoms with E-state index < -0.39 is 0 Å². The average molecular weight is 351 g/mol. The van der Waals surface area contributed by atoms with Crippen LogP contribution >= 0.6 is 0 Å². The molecule has 0 amide bonds. The molecule has 1 aromatic carbocycles. The summed E-state index contributed by atoms with van der Waals surface area (Å²) in [5.41, 5.74) is 3.68. The quantitative estimate of drug-likeness (QED) is 0.723. The summed E-state index contributed by atoms with van der Waals surface area (Å²) in [6.45, 7) is 10.6. The summed E-state index contributed by atoms with van der Waals surface area (Å²) in [5.74, 6) is -0.206. The Morgan fingerprint density at radius 2 is 1.96 bits per heavy atom. The van der Waals surface area contributed by atoms with Crippen molar-refractivity contribution in [1.29, 1.82) is 0 Å². The number of likely N-dealkylation sites (N-methyl/N-ethyl adjacent to an activating group) is 1. The van der Waals surface area contributed by atoms with Gasteiger partial charge in [0.25, 0.3) is 0 Å². The van der Waals surface area contributed by atoms with Crippen LogP contribution in [0.5, 0.6) is 0 Å². The van der Waals surface area contributed by atoms with Gasteiger partial charge in [-0.15, -0.1) is 0 Å². The van der Waals surface area contributed by atoms with Gasteiger partial charge in [0.05, 0.1) is 23.3 Å². The van der Waals surface area contributed by atoms with Gasteiger partial charge in [0, 0.05) is 31.7 Å². The molecule has 3 heterocycles. The molecule has 26 heavy (non-hydrogen) atoms. The van der Waals surface area contributed by atoms with Crippen LogP contribution in [0.2, 0.25) is 0 Å². The second-order valence-electron chi connectivity index (χ2n) is 6.46. The molecule has 3 aromatic rings. The smallest absolute Gasteiger partial charge is 0.154 e. The number of anilines is 1. The minimum absolute atomic E-state index is 0.206. The molecular weight excluding hydrogens is 329 g/mol. The van der Waals surface area contributed by atoms with Crippen LogP contribution < -0.4 is 4.90 Å². The Morgan fingerprint density at radius 3 is 2.65 bits per heavy atom. The SMILES string of the molecule is C=Cc1ccc2ncc(-c3ccc(N4CCN(CC)CC4)c(F)c3)n2n1. The summed E-state index contributed by atoms with van der Waals surface area (Å²) in [5, 5.41) is 4.49. The lowest BCUT2D eigenvalue weighted by atomic mass is 10.1. The minimum Gasteiger partial charge on any atom is -0.367 e. The molecule has 0 atom stereocenters. The Balaban J connectivity index is 1.65. The normalized spacial score (nSPS) is 15.5. The highest BCUT2D eigenvalue weighted by atomic mass is 19.1. The van der Waals surface area contributed by atoms with Crippen LogP contribution in [-0.4, -0.2) is 52.2 Å². The van der Waals surface area contributed by atoms with E-state index in [9.17, 15) is 4.39 Å². The monoisotopic (exact) mass is 351 g/mol. The largest absolute Gasteiger partial charge is 0.367 e. The molecule has 0 N–H and O–H groups in total. The average Bonchev–Trinajstić information content (AvgIpc) is 3.11. The topological polar surface area (TPSA) is 36.7 Å². The predicted octanol–water partition coefficient (Wildman–Crippen LogP) is 3.32. The summed E-state index contributed by atoms with van der Waals surface area (Å²) in [7, 11) is 0. The van der Waals surface area contributed by atoms with Gasteiger partial charge < -0.3 is 9.80 Å². The number of hydrogen-bond acceptors (Lipinski definition) is 4. The number of benzene rings is 1. The second kappa shape index (κ2) is 6.88. The molecule has 1 aliphatic heterocycles. The van der Waals surface area contributed by atoms with E-state index in [1.165, 1.54) is 0 Å². The highest BCUT2D eigenvalue weighted by Crippen LogP contribution is 2.27. The van der Waals surface area contributed by atoms with Crippen molar-refractivity contribution in [3.05, 3.63) is 54.6 Å². The molecule has 4 rings (SSSR count). The zero-order valence-electron chi connectivity index (χ0n) is 14.9. The van der Waals surface area contributed by atoms with E-state index in [1.807, 2.05) is 24.3 Å². The van der Waals surface area contributed by atoms with Crippen molar-refractivity contribution in [2.45, 2.75) is 6.92 Å². The van der Waals surface area contributed by atoms with Gasteiger partial charge in [0.15, 0.2) is 5.65 Å². The molecule has 6 heteroatoms. The fraction of sp³-hybridized carbons (Fsp3) is 0.300. The summed E-state index contributed by atoms with van der Waals surface area (Å²) >= 11 is 0. The number of rotatable bonds is 4. The van der Waals surface area contributed by atoms with Crippen LogP contribution in [-0.2, 0) is 0 Å². The number of fused-ring (bicyclic) bond motifs is 1. The summed E-state index contributed by atoms with van der Waals surface area (Å²) in [6, 6.07) is 9.12. The van der Waals surface area contributed by atoms with Crippen molar-refractivity contribution in [2.24, 2.45) is 0 Å². The molecule has 0 unspecified atom stereocenters. The predicted molar refractivity (Wildman–Crippen MR) is 103 cm³/mol. The first-order valence-corrected chi connectivity index (χ1v) is 8.94. The van der Waals surface area contributed by atoms with Crippen LogP contribution in [0.25, 0.3) is 23.0 Å². The lowest BCUT2D eigenvalue weighted by Crippen LogP contribution is -2.46. The third-order valence-corrected chi connectivity index (χ3v) is 5.00. The molecule has 2 aromatic heterocycles. The summed E-state index contributed by atoms with van der Waals surface area (Å²) < 4.78 is 16.6. The van der Waals surface area contributed by atoms with E-state index in [0.29, 0.717) is 5.69 Å². The third-order valence-electron chi connectivity index (χ3n) is 5.00. The van der Waals surface area contributed by atoms with E-state index in [0.717, 1.165) is 55.3 Å². The number of halogens is 1. The molecule has 5 nitrogen and oxygen atoms in total. The maximum absolute atomic E-state index is 14.8.